The largest absolute Gasteiger partial charge is 0.385 e. The number of hydrogen-bond donors (Lipinski definition) is 1. The number of para-hydroxylation sites is 1. The summed E-state index contributed by atoms with van der Waals surface area (Å²) in [5, 5.41) is 7.98. The zero-order valence-corrected chi connectivity index (χ0v) is 11.4. The number of aryl methyl sites for hydroxylation is 2. The lowest BCUT2D eigenvalue weighted by Crippen LogP contribution is -2.06. The Morgan fingerprint density at radius 3 is 2.50 bits per heavy atom. The van der Waals surface area contributed by atoms with Crippen molar-refractivity contribution in [1.82, 2.24) is 9.78 Å². The Kier molecular flexibility index (Phi) is 4.03. The maximum absolute atomic E-state index is 4.54. The molecular weight excluding hydrogens is 222 g/mol. The average molecular weight is 243 g/mol. The SMILES string of the molecule is CCn1nc(C)c(CCNc2ccccc2)c1C. The Bertz CT molecular complexity index is 500. The van der Waals surface area contributed by atoms with E-state index in [1.54, 1.807) is 0 Å². The number of rotatable bonds is 5. The summed E-state index contributed by atoms with van der Waals surface area (Å²) in [7, 11) is 0. The molecule has 0 atom stereocenters. The van der Waals surface area contributed by atoms with Gasteiger partial charge < -0.3 is 5.32 Å². The maximum atomic E-state index is 4.54. The molecule has 1 heterocycles. The van der Waals surface area contributed by atoms with Crippen molar-refractivity contribution in [2.45, 2.75) is 33.7 Å². The van der Waals surface area contributed by atoms with Crippen LogP contribution in [0.5, 0.6) is 0 Å². The minimum absolute atomic E-state index is 0.943. The van der Waals surface area contributed by atoms with E-state index in [2.05, 4.69) is 48.0 Å². The molecule has 0 aliphatic carbocycles. The smallest absolute Gasteiger partial charge is 0.0629 e. The van der Waals surface area contributed by atoms with Crippen molar-refractivity contribution in [2.24, 2.45) is 0 Å². The number of hydrogen-bond acceptors (Lipinski definition) is 2. The first-order chi connectivity index (χ1) is 8.72. The van der Waals surface area contributed by atoms with E-state index in [-0.39, 0.29) is 0 Å². The van der Waals surface area contributed by atoms with Crippen LogP contribution in [0.2, 0.25) is 0 Å². The molecule has 0 unspecified atom stereocenters. The molecular formula is C15H21N3. The van der Waals surface area contributed by atoms with Gasteiger partial charge in [-0.1, -0.05) is 18.2 Å². The third-order valence-electron chi connectivity index (χ3n) is 3.31. The lowest BCUT2D eigenvalue weighted by atomic mass is 10.1. The van der Waals surface area contributed by atoms with E-state index in [1.807, 2.05) is 18.2 Å². The Balaban J connectivity index is 1.96. The van der Waals surface area contributed by atoms with Crippen molar-refractivity contribution in [3.05, 3.63) is 47.3 Å². The molecule has 2 rings (SSSR count). The highest BCUT2D eigenvalue weighted by Crippen LogP contribution is 2.14. The third kappa shape index (κ3) is 2.73. The van der Waals surface area contributed by atoms with Crippen molar-refractivity contribution in [3.63, 3.8) is 0 Å². The minimum Gasteiger partial charge on any atom is -0.385 e. The van der Waals surface area contributed by atoms with Crippen LogP contribution in [-0.2, 0) is 13.0 Å². The second-order valence-corrected chi connectivity index (χ2v) is 4.51. The number of nitrogens with zero attached hydrogens (tertiary/aromatic N) is 2. The summed E-state index contributed by atoms with van der Waals surface area (Å²) in [6.45, 7) is 8.27. The van der Waals surface area contributed by atoms with Gasteiger partial charge in [-0.3, -0.25) is 4.68 Å². The van der Waals surface area contributed by atoms with E-state index in [4.69, 9.17) is 0 Å². The van der Waals surface area contributed by atoms with E-state index >= 15 is 0 Å². The van der Waals surface area contributed by atoms with Crippen LogP contribution in [0.4, 0.5) is 5.69 Å². The fourth-order valence-corrected chi connectivity index (χ4v) is 2.29. The molecule has 0 aliphatic rings. The van der Waals surface area contributed by atoms with E-state index < -0.39 is 0 Å². The lowest BCUT2D eigenvalue weighted by Gasteiger charge is -2.06. The van der Waals surface area contributed by atoms with Crippen LogP contribution in [-0.4, -0.2) is 16.3 Å². The Labute approximate surface area is 109 Å². The predicted molar refractivity (Wildman–Crippen MR) is 76.0 cm³/mol. The molecule has 3 heteroatoms. The van der Waals surface area contributed by atoms with Gasteiger partial charge in [0.2, 0.25) is 0 Å². The third-order valence-corrected chi connectivity index (χ3v) is 3.31. The van der Waals surface area contributed by atoms with Gasteiger partial charge in [0.25, 0.3) is 0 Å². The molecule has 0 aliphatic heterocycles. The van der Waals surface area contributed by atoms with Gasteiger partial charge in [0, 0.05) is 24.5 Å². The molecule has 3 nitrogen and oxygen atoms in total. The second-order valence-electron chi connectivity index (χ2n) is 4.51. The summed E-state index contributed by atoms with van der Waals surface area (Å²) in [4.78, 5) is 0. The molecule has 2 aromatic rings. The summed E-state index contributed by atoms with van der Waals surface area (Å²) in [5.41, 5.74) is 5.00. The van der Waals surface area contributed by atoms with Gasteiger partial charge in [0.1, 0.15) is 0 Å². The molecule has 1 aromatic heterocycles. The number of nitrogens with one attached hydrogen (secondary N) is 1. The average Bonchev–Trinajstić information content (AvgIpc) is 2.67. The van der Waals surface area contributed by atoms with E-state index in [0.717, 1.165) is 25.2 Å². The predicted octanol–water partition coefficient (Wildman–Crippen LogP) is 3.17. The van der Waals surface area contributed by atoms with Crippen LogP contribution in [0.15, 0.2) is 30.3 Å². The molecule has 96 valence electrons. The molecule has 0 saturated heterocycles. The van der Waals surface area contributed by atoms with Gasteiger partial charge >= 0.3 is 0 Å². The van der Waals surface area contributed by atoms with Gasteiger partial charge in [0.05, 0.1) is 5.69 Å². The molecule has 0 bridgehead atoms. The summed E-state index contributed by atoms with van der Waals surface area (Å²) < 4.78 is 2.08. The molecule has 1 aromatic carbocycles. The van der Waals surface area contributed by atoms with Crippen LogP contribution >= 0.6 is 0 Å². The van der Waals surface area contributed by atoms with Crippen molar-refractivity contribution in [2.75, 3.05) is 11.9 Å². The number of aromatic nitrogens is 2. The Hall–Kier alpha value is -1.77. The molecule has 1 N–H and O–H groups in total. The van der Waals surface area contributed by atoms with Crippen molar-refractivity contribution in [3.8, 4) is 0 Å². The minimum atomic E-state index is 0.943. The van der Waals surface area contributed by atoms with Crippen molar-refractivity contribution < 1.29 is 0 Å². The molecule has 0 saturated carbocycles. The van der Waals surface area contributed by atoms with Crippen molar-refractivity contribution in [1.29, 1.82) is 0 Å². The molecule has 18 heavy (non-hydrogen) atoms. The highest BCUT2D eigenvalue weighted by molar-refractivity contribution is 5.42. The van der Waals surface area contributed by atoms with Gasteiger partial charge in [-0.2, -0.15) is 5.10 Å². The first-order valence-corrected chi connectivity index (χ1v) is 6.54. The summed E-state index contributed by atoms with van der Waals surface area (Å²) in [5.74, 6) is 0. The summed E-state index contributed by atoms with van der Waals surface area (Å²) in [6, 6.07) is 10.3. The fourth-order valence-electron chi connectivity index (χ4n) is 2.29. The second kappa shape index (κ2) is 5.71. The van der Waals surface area contributed by atoms with Gasteiger partial charge in [-0.05, 0) is 44.9 Å². The van der Waals surface area contributed by atoms with Crippen LogP contribution in [0, 0.1) is 13.8 Å². The van der Waals surface area contributed by atoms with Crippen molar-refractivity contribution >= 4 is 5.69 Å². The fraction of sp³-hybridized carbons (Fsp3) is 0.400. The maximum Gasteiger partial charge on any atom is 0.0629 e. The van der Waals surface area contributed by atoms with Gasteiger partial charge in [-0.15, -0.1) is 0 Å². The standard InChI is InChI=1S/C15H21N3/c1-4-18-13(3)15(12(2)17-18)10-11-16-14-8-6-5-7-9-14/h5-9,16H,4,10-11H2,1-3H3. The molecule has 0 radical (unpaired) electrons. The van der Waals surface area contributed by atoms with Crippen LogP contribution in [0.1, 0.15) is 23.9 Å². The van der Waals surface area contributed by atoms with E-state index in [1.165, 1.54) is 16.9 Å². The molecule has 0 amide bonds. The first kappa shape index (κ1) is 12.7. The van der Waals surface area contributed by atoms with Gasteiger partial charge in [0.15, 0.2) is 0 Å². The quantitative estimate of drug-likeness (QED) is 0.874. The Morgan fingerprint density at radius 2 is 1.89 bits per heavy atom. The monoisotopic (exact) mass is 243 g/mol. The Morgan fingerprint density at radius 1 is 1.17 bits per heavy atom. The normalized spacial score (nSPS) is 10.6. The lowest BCUT2D eigenvalue weighted by molar-refractivity contribution is 0.633. The number of benzene rings is 1. The highest BCUT2D eigenvalue weighted by atomic mass is 15.3. The topological polar surface area (TPSA) is 29.9 Å². The summed E-state index contributed by atoms with van der Waals surface area (Å²) >= 11 is 0. The van der Waals surface area contributed by atoms with Crippen LogP contribution < -0.4 is 5.32 Å². The van der Waals surface area contributed by atoms with Crippen LogP contribution in [0.25, 0.3) is 0 Å². The van der Waals surface area contributed by atoms with E-state index in [9.17, 15) is 0 Å². The zero-order valence-electron chi connectivity index (χ0n) is 11.4. The molecule has 0 fully saturated rings. The molecule has 0 spiro atoms. The highest BCUT2D eigenvalue weighted by Gasteiger charge is 2.09. The first-order valence-electron chi connectivity index (χ1n) is 6.54. The van der Waals surface area contributed by atoms with E-state index in [0.29, 0.717) is 0 Å². The summed E-state index contributed by atoms with van der Waals surface area (Å²) in [6.07, 6.45) is 1.02. The van der Waals surface area contributed by atoms with Crippen LogP contribution in [0.3, 0.4) is 0 Å². The van der Waals surface area contributed by atoms with Gasteiger partial charge in [-0.25, -0.2) is 0 Å². The zero-order chi connectivity index (χ0) is 13.0. The number of anilines is 1.